The molecule has 0 aromatic carbocycles. The second kappa shape index (κ2) is 5.34. The standard InChI is InChI=1S/C10H15F2NO3/c1-7(16-9(15)6-14)13-8-2-4-10(11,12)5-3-8/h6-8,13H,2-5H2,1H3. The summed E-state index contributed by atoms with van der Waals surface area (Å²) >= 11 is 0. The van der Waals surface area contributed by atoms with E-state index in [1.807, 2.05) is 0 Å². The Bertz CT molecular complexity index is 261. The van der Waals surface area contributed by atoms with E-state index in [0.29, 0.717) is 12.8 Å². The van der Waals surface area contributed by atoms with Crippen molar-refractivity contribution in [2.45, 2.75) is 50.8 Å². The molecule has 1 unspecified atom stereocenters. The SMILES string of the molecule is CC(NC1CCC(F)(F)CC1)OC(=O)C=O. The van der Waals surface area contributed by atoms with Gasteiger partial charge in [-0.3, -0.25) is 10.1 Å². The Morgan fingerprint density at radius 3 is 2.56 bits per heavy atom. The van der Waals surface area contributed by atoms with Crippen LogP contribution in [0.1, 0.15) is 32.6 Å². The number of hydrogen-bond acceptors (Lipinski definition) is 4. The highest BCUT2D eigenvalue weighted by molar-refractivity contribution is 6.20. The first-order valence-corrected chi connectivity index (χ1v) is 5.22. The van der Waals surface area contributed by atoms with Crippen molar-refractivity contribution in [2.75, 3.05) is 0 Å². The number of nitrogens with one attached hydrogen (secondary N) is 1. The van der Waals surface area contributed by atoms with Crippen molar-refractivity contribution >= 4 is 12.3 Å². The summed E-state index contributed by atoms with van der Waals surface area (Å²) in [7, 11) is 0. The van der Waals surface area contributed by atoms with Crippen LogP contribution < -0.4 is 5.32 Å². The molecule has 92 valence electrons. The molecule has 0 radical (unpaired) electrons. The zero-order chi connectivity index (χ0) is 12.2. The minimum absolute atomic E-state index is 0.0766. The van der Waals surface area contributed by atoms with E-state index in [-0.39, 0.29) is 25.2 Å². The Balaban J connectivity index is 2.28. The fourth-order valence-corrected chi connectivity index (χ4v) is 1.77. The van der Waals surface area contributed by atoms with Gasteiger partial charge in [-0.25, -0.2) is 13.6 Å². The first kappa shape index (κ1) is 13.0. The molecule has 0 aromatic heterocycles. The van der Waals surface area contributed by atoms with Gasteiger partial charge in [0.2, 0.25) is 12.2 Å². The van der Waals surface area contributed by atoms with Gasteiger partial charge in [-0.15, -0.1) is 0 Å². The van der Waals surface area contributed by atoms with Crippen molar-refractivity contribution < 1.29 is 23.1 Å². The van der Waals surface area contributed by atoms with E-state index in [0.717, 1.165) is 0 Å². The highest BCUT2D eigenvalue weighted by Crippen LogP contribution is 2.33. The molecule has 1 aliphatic carbocycles. The molecule has 1 aliphatic rings. The number of rotatable bonds is 4. The zero-order valence-corrected chi connectivity index (χ0v) is 9.04. The number of esters is 1. The maximum atomic E-state index is 12.8. The van der Waals surface area contributed by atoms with Crippen LogP contribution in [0.2, 0.25) is 0 Å². The molecule has 16 heavy (non-hydrogen) atoms. The molecule has 1 fully saturated rings. The lowest BCUT2D eigenvalue weighted by Gasteiger charge is -2.30. The van der Waals surface area contributed by atoms with Crippen LogP contribution in [0.4, 0.5) is 8.78 Å². The van der Waals surface area contributed by atoms with Crippen LogP contribution in [0.25, 0.3) is 0 Å². The Morgan fingerprint density at radius 2 is 2.06 bits per heavy atom. The zero-order valence-electron chi connectivity index (χ0n) is 9.04. The molecule has 6 heteroatoms. The number of ether oxygens (including phenoxy) is 1. The predicted molar refractivity (Wildman–Crippen MR) is 52.0 cm³/mol. The Hall–Kier alpha value is -1.04. The lowest BCUT2D eigenvalue weighted by Crippen LogP contribution is -2.43. The fraction of sp³-hybridized carbons (Fsp3) is 0.800. The van der Waals surface area contributed by atoms with E-state index in [9.17, 15) is 18.4 Å². The summed E-state index contributed by atoms with van der Waals surface area (Å²) in [5.74, 6) is -3.53. The normalized spacial score (nSPS) is 22.4. The lowest BCUT2D eigenvalue weighted by molar-refractivity contribution is -0.154. The molecule has 0 saturated heterocycles. The number of alkyl halides is 2. The van der Waals surface area contributed by atoms with Gasteiger partial charge in [-0.2, -0.15) is 0 Å². The van der Waals surface area contributed by atoms with Gasteiger partial charge in [0.1, 0.15) is 0 Å². The summed E-state index contributed by atoms with van der Waals surface area (Å²) in [5, 5.41) is 2.89. The van der Waals surface area contributed by atoms with Crippen molar-refractivity contribution in [3.63, 3.8) is 0 Å². The van der Waals surface area contributed by atoms with Gasteiger partial charge < -0.3 is 4.74 Å². The Kier molecular flexibility index (Phi) is 4.35. The number of hydrogen-bond donors (Lipinski definition) is 1. The summed E-state index contributed by atoms with van der Waals surface area (Å²) in [6.45, 7) is 1.56. The third-order valence-electron chi connectivity index (χ3n) is 2.58. The van der Waals surface area contributed by atoms with E-state index < -0.39 is 18.1 Å². The molecule has 0 amide bonds. The van der Waals surface area contributed by atoms with Crippen molar-refractivity contribution in [3.8, 4) is 0 Å². The number of carbonyl (C=O) groups is 2. The van der Waals surface area contributed by atoms with Crippen LogP contribution in [0.15, 0.2) is 0 Å². The second-order valence-electron chi connectivity index (χ2n) is 3.99. The summed E-state index contributed by atoms with van der Waals surface area (Å²) < 4.78 is 30.3. The van der Waals surface area contributed by atoms with Crippen LogP contribution >= 0.6 is 0 Å². The summed E-state index contributed by atoms with van der Waals surface area (Å²) in [6, 6.07) is -0.0888. The smallest absolute Gasteiger partial charge is 0.372 e. The van der Waals surface area contributed by atoms with Gasteiger partial charge >= 0.3 is 5.97 Å². The maximum Gasteiger partial charge on any atom is 0.372 e. The van der Waals surface area contributed by atoms with Crippen LogP contribution in [0, 0.1) is 0 Å². The van der Waals surface area contributed by atoms with Gasteiger partial charge in [-0.1, -0.05) is 0 Å². The largest absolute Gasteiger partial charge is 0.441 e. The van der Waals surface area contributed by atoms with Gasteiger partial charge in [0.05, 0.1) is 0 Å². The van der Waals surface area contributed by atoms with Gasteiger partial charge in [0.15, 0.2) is 6.23 Å². The molecule has 0 heterocycles. The van der Waals surface area contributed by atoms with Crippen molar-refractivity contribution in [2.24, 2.45) is 0 Å². The summed E-state index contributed by atoms with van der Waals surface area (Å²) in [4.78, 5) is 20.6. The molecule has 0 aromatic rings. The highest BCUT2D eigenvalue weighted by atomic mass is 19.3. The summed E-state index contributed by atoms with van der Waals surface area (Å²) in [5.41, 5.74) is 0. The predicted octanol–water partition coefficient (Wildman–Crippen LogP) is 1.24. The molecule has 0 bridgehead atoms. The number of aldehydes is 1. The molecule has 0 aliphatic heterocycles. The highest BCUT2D eigenvalue weighted by Gasteiger charge is 2.35. The molecular formula is C10H15F2NO3. The van der Waals surface area contributed by atoms with Crippen LogP contribution in [-0.2, 0) is 14.3 Å². The van der Waals surface area contributed by atoms with E-state index in [1.165, 1.54) is 0 Å². The first-order chi connectivity index (χ1) is 7.43. The minimum Gasteiger partial charge on any atom is -0.441 e. The second-order valence-corrected chi connectivity index (χ2v) is 3.99. The minimum atomic E-state index is -2.57. The topological polar surface area (TPSA) is 55.4 Å². The van der Waals surface area contributed by atoms with Gasteiger partial charge in [0.25, 0.3) is 0 Å². The van der Waals surface area contributed by atoms with E-state index in [1.54, 1.807) is 6.92 Å². The van der Waals surface area contributed by atoms with E-state index in [4.69, 9.17) is 0 Å². The van der Waals surface area contributed by atoms with Crippen LogP contribution in [0.5, 0.6) is 0 Å². The molecule has 1 atom stereocenters. The first-order valence-electron chi connectivity index (χ1n) is 5.22. The van der Waals surface area contributed by atoms with Crippen molar-refractivity contribution in [1.29, 1.82) is 0 Å². The van der Waals surface area contributed by atoms with E-state index >= 15 is 0 Å². The quantitative estimate of drug-likeness (QED) is 0.345. The molecular weight excluding hydrogens is 220 g/mol. The fourth-order valence-electron chi connectivity index (χ4n) is 1.77. The van der Waals surface area contributed by atoms with Gasteiger partial charge in [-0.05, 0) is 19.8 Å². The number of carbonyl (C=O) groups excluding carboxylic acids is 2. The average Bonchev–Trinajstić information content (AvgIpc) is 2.21. The summed E-state index contributed by atoms with van der Waals surface area (Å²) in [6.07, 6.45) is -0.175. The molecule has 4 nitrogen and oxygen atoms in total. The molecule has 1 saturated carbocycles. The van der Waals surface area contributed by atoms with Crippen molar-refractivity contribution in [3.05, 3.63) is 0 Å². The Morgan fingerprint density at radius 1 is 1.50 bits per heavy atom. The van der Waals surface area contributed by atoms with E-state index in [2.05, 4.69) is 10.1 Å². The number of halogens is 2. The average molecular weight is 235 g/mol. The Labute approximate surface area is 92.3 Å². The molecule has 0 spiro atoms. The third-order valence-corrected chi connectivity index (χ3v) is 2.58. The molecule has 1 rings (SSSR count). The lowest BCUT2D eigenvalue weighted by atomic mass is 9.92. The monoisotopic (exact) mass is 235 g/mol. The third kappa shape index (κ3) is 4.22. The van der Waals surface area contributed by atoms with Crippen LogP contribution in [0.3, 0.4) is 0 Å². The van der Waals surface area contributed by atoms with Crippen molar-refractivity contribution in [1.82, 2.24) is 5.32 Å². The maximum absolute atomic E-state index is 12.8. The van der Waals surface area contributed by atoms with Gasteiger partial charge in [0, 0.05) is 18.9 Å². The molecule has 1 N–H and O–H groups in total. The van der Waals surface area contributed by atoms with Crippen LogP contribution in [-0.4, -0.2) is 30.4 Å².